The largest absolute Gasteiger partial charge is 0.471 e. The standard InChI is InChI=1S/C19H22ClN5O2/c1-4-24-9-7-17(22-24)14(3)21-19(26)18-8-10-25(23-18)12-27-15-5-6-16(20)13(2)11-15/h5-11,14H,4,12H2,1-3H3,(H,21,26). The molecular weight excluding hydrogens is 366 g/mol. The molecule has 1 amide bonds. The summed E-state index contributed by atoms with van der Waals surface area (Å²) in [6.07, 6.45) is 3.59. The number of aryl methyl sites for hydroxylation is 2. The molecule has 3 aromatic rings. The van der Waals surface area contributed by atoms with Crippen LogP contribution in [0, 0.1) is 6.92 Å². The SMILES string of the molecule is CCn1ccc(C(C)NC(=O)c2ccn(COc3ccc(Cl)c(C)c3)n2)n1. The third-order valence-corrected chi connectivity index (χ3v) is 4.57. The fourth-order valence-corrected chi connectivity index (χ4v) is 2.65. The van der Waals surface area contributed by atoms with Crippen molar-refractivity contribution in [1.29, 1.82) is 0 Å². The lowest BCUT2D eigenvalue weighted by Crippen LogP contribution is -2.27. The first-order chi connectivity index (χ1) is 13.0. The zero-order valence-electron chi connectivity index (χ0n) is 15.5. The van der Waals surface area contributed by atoms with Gasteiger partial charge in [0, 0.05) is 24.0 Å². The summed E-state index contributed by atoms with van der Waals surface area (Å²) in [6.45, 7) is 6.81. The van der Waals surface area contributed by atoms with Crippen LogP contribution >= 0.6 is 11.6 Å². The van der Waals surface area contributed by atoms with E-state index in [1.165, 1.54) is 0 Å². The zero-order valence-corrected chi connectivity index (χ0v) is 16.3. The highest BCUT2D eigenvalue weighted by Crippen LogP contribution is 2.21. The second kappa shape index (κ2) is 8.26. The Kier molecular flexibility index (Phi) is 5.81. The van der Waals surface area contributed by atoms with Gasteiger partial charge in [-0.05, 0) is 56.7 Å². The van der Waals surface area contributed by atoms with E-state index in [4.69, 9.17) is 16.3 Å². The molecule has 8 heteroatoms. The minimum atomic E-state index is -0.255. The fraction of sp³-hybridized carbons (Fsp3) is 0.316. The minimum absolute atomic E-state index is 0.199. The molecule has 2 heterocycles. The quantitative estimate of drug-likeness (QED) is 0.672. The first-order valence-electron chi connectivity index (χ1n) is 8.73. The number of amides is 1. The average molecular weight is 388 g/mol. The normalized spacial score (nSPS) is 12.0. The van der Waals surface area contributed by atoms with Gasteiger partial charge in [-0.15, -0.1) is 0 Å². The zero-order chi connectivity index (χ0) is 19.4. The van der Waals surface area contributed by atoms with E-state index in [-0.39, 0.29) is 18.7 Å². The van der Waals surface area contributed by atoms with Gasteiger partial charge in [0.25, 0.3) is 5.91 Å². The summed E-state index contributed by atoms with van der Waals surface area (Å²) < 4.78 is 9.07. The van der Waals surface area contributed by atoms with Gasteiger partial charge in [0.1, 0.15) is 11.4 Å². The lowest BCUT2D eigenvalue weighted by atomic mass is 10.2. The predicted molar refractivity (Wildman–Crippen MR) is 103 cm³/mol. The van der Waals surface area contributed by atoms with Crippen molar-refractivity contribution in [3.63, 3.8) is 0 Å². The Morgan fingerprint density at radius 3 is 2.70 bits per heavy atom. The van der Waals surface area contributed by atoms with E-state index in [2.05, 4.69) is 15.5 Å². The fourth-order valence-electron chi connectivity index (χ4n) is 2.53. The van der Waals surface area contributed by atoms with Crippen LogP contribution in [0.4, 0.5) is 0 Å². The molecule has 142 valence electrons. The Hall–Kier alpha value is -2.80. The van der Waals surface area contributed by atoms with Gasteiger partial charge in [-0.3, -0.25) is 9.48 Å². The Bertz CT molecular complexity index is 934. The highest BCUT2D eigenvalue weighted by molar-refractivity contribution is 6.31. The highest BCUT2D eigenvalue weighted by Gasteiger charge is 2.15. The summed E-state index contributed by atoms with van der Waals surface area (Å²) in [5, 5.41) is 12.3. The summed E-state index contributed by atoms with van der Waals surface area (Å²) in [5.41, 5.74) is 2.08. The molecule has 27 heavy (non-hydrogen) atoms. The Balaban J connectivity index is 1.57. The third kappa shape index (κ3) is 4.68. The van der Waals surface area contributed by atoms with Crippen LogP contribution in [0.25, 0.3) is 0 Å². The Morgan fingerprint density at radius 1 is 1.22 bits per heavy atom. The van der Waals surface area contributed by atoms with Crippen LogP contribution in [0.15, 0.2) is 42.7 Å². The van der Waals surface area contributed by atoms with E-state index in [0.717, 1.165) is 17.8 Å². The van der Waals surface area contributed by atoms with Crippen LogP contribution in [0.3, 0.4) is 0 Å². The molecule has 0 saturated carbocycles. The molecule has 1 unspecified atom stereocenters. The van der Waals surface area contributed by atoms with E-state index in [0.29, 0.717) is 16.5 Å². The van der Waals surface area contributed by atoms with Gasteiger partial charge in [0.15, 0.2) is 6.73 Å². The number of rotatable bonds is 7. The minimum Gasteiger partial charge on any atom is -0.471 e. The number of hydrogen-bond donors (Lipinski definition) is 1. The maximum Gasteiger partial charge on any atom is 0.272 e. The third-order valence-electron chi connectivity index (χ3n) is 4.14. The number of benzene rings is 1. The van der Waals surface area contributed by atoms with Gasteiger partial charge >= 0.3 is 0 Å². The van der Waals surface area contributed by atoms with Crippen LogP contribution in [0.5, 0.6) is 5.75 Å². The molecule has 0 spiro atoms. The van der Waals surface area contributed by atoms with Crippen molar-refractivity contribution in [2.45, 2.75) is 40.1 Å². The Morgan fingerprint density at radius 2 is 2.00 bits per heavy atom. The van der Waals surface area contributed by atoms with Crippen molar-refractivity contribution < 1.29 is 9.53 Å². The van der Waals surface area contributed by atoms with Gasteiger partial charge in [0.2, 0.25) is 0 Å². The molecule has 0 bridgehead atoms. The molecule has 3 rings (SSSR count). The molecule has 0 aliphatic heterocycles. The predicted octanol–water partition coefficient (Wildman–Crippen LogP) is 3.59. The van der Waals surface area contributed by atoms with Crippen molar-refractivity contribution in [2.24, 2.45) is 0 Å². The average Bonchev–Trinajstić information content (AvgIpc) is 3.32. The van der Waals surface area contributed by atoms with Crippen LogP contribution in [0.2, 0.25) is 5.02 Å². The van der Waals surface area contributed by atoms with E-state index in [9.17, 15) is 4.79 Å². The van der Waals surface area contributed by atoms with Crippen molar-refractivity contribution in [3.8, 4) is 5.75 Å². The number of aromatic nitrogens is 4. The Labute approximate surface area is 162 Å². The summed E-state index contributed by atoms with van der Waals surface area (Å²) >= 11 is 6.01. The number of nitrogens with one attached hydrogen (secondary N) is 1. The van der Waals surface area contributed by atoms with Gasteiger partial charge < -0.3 is 10.1 Å². The van der Waals surface area contributed by atoms with Crippen molar-refractivity contribution in [1.82, 2.24) is 24.9 Å². The molecule has 1 atom stereocenters. The van der Waals surface area contributed by atoms with E-state index in [1.807, 2.05) is 43.8 Å². The number of carbonyl (C=O) groups is 1. The number of halogens is 1. The molecule has 1 aromatic carbocycles. The molecule has 2 aromatic heterocycles. The van der Waals surface area contributed by atoms with Crippen molar-refractivity contribution >= 4 is 17.5 Å². The molecule has 1 N–H and O–H groups in total. The topological polar surface area (TPSA) is 74.0 Å². The summed E-state index contributed by atoms with van der Waals surface area (Å²) in [7, 11) is 0. The molecule has 0 saturated heterocycles. The number of carbonyl (C=O) groups excluding carboxylic acids is 1. The van der Waals surface area contributed by atoms with E-state index in [1.54, 1.807) is 29.1 Å². The van der Waals surface area contributed by atoms with Crippen LogP contribution in [-0.2, 0) is 13.3 Å². The van der Waals surface area contributed by atoms with Crippen LogP contribution in [-0.4, -0.2) is 25.5 Å². The maximum absolute atomic E-state index is 12.4. The maximum atomic E-state index is 12.4. The second-order valence-electron chi connectivity index (χ2n) is 6.22. The first kappa shape index (κ1) is 19.0. The van der Waals surface area contributed by atoms with E-state index >= 15 is 0 Å². The van der Waals surface area contributed by atoms with Crippen LogP contribution in [0.1, 0.15) is 41.6 Å². The molecule has 0 fully saturated rings. The second-order valence-corrected chi connectivity index (χ2v) is 6.62. The van der Waals surface area contributed by atoms with Crippen LogP contribution < -0.4 is 10.1 Å². The number of nitrogens with zero attached hydrogens (tertiary/aromatic N) is 4. The van der Waals surface area contributed by atoms with Gasteiger partial charge in [-0.2, -0.15) is 10.2 Å². The highest BCUT2D eigenvalue weighted by atomic mass is 35.5. The molecule has 0 radical (unpaired) electrons. The lowest BCUT2D eigenvalue weighted by Gasteiger charge is -2.10. The van der Waals surface area contributed by atoms with E-state index < -0.39 is 0 Å². The number of hydrogen-bond acceptors (Lipinski definition) is 4. The lowest BCUT2D eigenvalue weighted by molar-refractivity contribution is 0.0932. The molecule has 0 aliphatic carbocycles. The van der Waals surface area contributed by atoms with Gasteiger partial charge in [0.05, 0.1) is 11.7 Å². The van der Waals surface area contributed by atoms with Gasteiger partial charge in [-0.25, -0.2) is 4.68 Å². The van der Waals surface area contributed by atoms with Crippen molar-refractivity contribution in [3.05, 3.63) is 64.7 Å². The monoisotopic (exact) mass is 387 g/mol. The van der Waals surface area contributed by atoms with Crippen molar-refractivity contribution in [2.75, 3.05) is 0 Å². The smallest absolute Gasteiger partial charge is 0.272 e. The summed E-state index contributed by atoms with van der Waals surface area (Å²) in [4.78, 5) is 12.4. The molecular formula is C19H22ClN5O2. The van der Waals surface area contributed by atoms with Gasteiger partial charge in [-0.1, -0.05) is 11.6 Å². The summed E-state index contributed by atoms with van der Waals surface area (Å²) in [6, 6.07) is 8.79. The molecule has 7 nitrogen and oxygen atoms in total. The number of ether oxygens (including phenoxy) is 1. The first-order valence-corrected chi connectivity index (χ1v) is 9.10. The summed E-state index contributed by atoms with van der Waals surface area (Å²) in [5.74, 6) is 0.438. The molecule has 0 aliphatic rings.